The third-order valence-electron chi connectivity index (χ3n) is 3.27. The van der Waals surface area contributed by atoms with Gasteiger partial charge in [-0.3, -0.25) is 9.48 Å². The number of aromatic nitrogens is 2. The molecule has 0 radical (unpaired) electrons. The molecule has 1 aromatic rings. The summed E-state index contributed by atoms with van der Waals surface area (Å²) in [5.74, 6) is -0.835. The summed E-state index contributed by atoms with van der Waals surface area (Å²) in [7, 11) is 1.30. The van der Waals surface area contributed by atoms with Crippen LogP contribution in [0.15, 0.2) is 0 Å². The van der Waals surface area contributed by atoms with Gasteiger partial charge in [0.15, 0.2) is 5.69 Å². The van der Waals surface area contributed by atoms with Crippen molar-refractivity contribution in [2.75, 3.05) is 7.11 Å². The van der Waals surface area contributed by atoms with Crippen LogP contribution in [0.25, 0.3) is 0 Å². The lowest BCUT2D eigenvalue weighted by Crippen LogP contribution is -2.28. The van der Waals surface area contributed by atoms with E-state index < -0.39 is 5.97 Å². The number of nitrogens with one attached hydrogen (secondary N) is 1. The van der Waals surface area contributed by atoms with Crippen LogP contribution in [-0.2, 0) is 10.3 Å². The van der Waals surface area contributed by atoms with Crippen LogP contribution >= 0.6 is 0 Å². The van der Waals surface area contributed by atoms with Crippen LogP contribution in [0.4, 0.5) is 0 Å². The van der Waals surface area contributed by atoms with Crippen molar-refractivity contribution in [3.63, 3.8) is 0 Å². The Morgan fingerprint density at radius 2 is 1.95 bits per heavy atom. The summed E-state index contributed by atoms with van der Waals surface area (Å²) in [4.78, 5) is 24.2. The fraction of sp³-hybridized carbons (Fsp3) is 0.643. The maximum Gasteiger partial charge on any atom is 0.342 e. The zero-order valence-corrected chi connectivity index (χ0v) is 12.6. The van der Waals surface area contributed by atoms with Crippen molar-refractivity contribution in [3.05, 3.63) is 17.0 Å². The average Bonchev–Trinajstić information content (AvgIpc) is 3.08. The molecule has 2 rings (SSSR count). The quantitative estimate of drug-likeness (QED) is 0.853. The largest absolute Gasteiger partial charge is 0.465 e. The van der Waals surface area contributed by atoms with E-state index in [1.807, 2.05) is 20.8 Å². The van der Waals surface area contributed by atoms with E-state index in [9.17, 15) is 9.59 Å². The number of methoxy groups -OCH3 is 1. The lowest BCUT2D eigenvalue weighted by molar-refractivity contribution is 0.0595. The van der Waals surface area contributed by atoms with E-state index in [0.717, 1.165) is 12.8 Å². The smallest absolute Gasteiger partial charge is 0.342 e. The lowest BCUT2D eigenvalue weighted by Gasteiger charge is -2.21. The molecular weight excluding hydrogens is 258 g/mol. The first-order chi connectivity index (χ1) is 9.25. The number of carbonyl (C=O) groups excluding carboxylic acids is 2. The number of ether oxygens (including phenoxy) is 1. The van der Waals surface area contributed by atoms with Gasteiger partial charge in [-0.05, 0) is 40.5 Å². The van der Waals surface area contributed by atoms with Gasteiger partial charge in [0.05, 0.1) is 18.3 Å². The molecule has 0 unspecified atom stereocenters. The van der Waals surface area contributed by atoms with E-state index in [4.69, 9.17) is 4.74 Å². The van der Waals surface area contributed by atoms with Gasteiger partial charge in [0.1, 0.15) is 5.56 Å². The van der Waals surface area contributed by atoms with Gasteiger partial charge in [-0.15, -0.1) is 0 Å². The van der Waals surface area contributed by atoms with Crippen LogP contribution in [0, 0.1) is 6.92 Å². The highest BCUT2D eigenvalue weighted by atomic mass is 16.5. The number of rotatable bonds is 3. The number of carbonyl (C=O) groups is 2. The van der Waals surface area contributed by atoms with Gasteiger partial charge in [0.25, 0.3) is 5.91 Å². The molecule has 1 aliphatic carbocycles. The van der Waals surface area contributed by atoms with Crippen molar-refractivity contribution < 1.29 is 14.3 Å². The van der Waals surface area contributed by atoms with Gasteiger partial charge in [-0.1, -0.05) is 0 Å². The molecule has 110 valence electrons. The number of hydrogen-bond donors (Lipinski definition) is 1. The van der Waals surface area contributed by atoms with E-state index in [1.54, 1.807) is 11.6 Å². The Bertz CT molecular complexity index is 551. The van der Waals surface area contributed by atoms with Crippen LogP contribution < -0.4 is 5.32 Å². The monoisotopic (exact) mass is 279 g/mol. The van der Waals surface area contributed by atoms with Crippen LogP contribution in [0.3, 0.4) is 0 Å². The Balaban J connectivity index is 2.47. The van der Waals surface area contributed by atoms with E-state index in [2.05, 4.69) is 10.4 Å². The fourth-order valence-electron chi connectivity index (χ4n) is 2.14. The summed E-state index contributed by atoms with van der Waals surface area (Å²) in [5, 5.41) is 7.19. The molecule has 20 heavy (non-hydrogen) atoms. The number of hydrogen-bond acceptors (Lipinski definition) is 4. The van der Waals surface area contributed by atoms with Crippen LogP contribution in [0.1, 0.15) is 60.2 Å². The molecule has 1 saturated carbocycles. The Kier molecular flexibility index (Phi) is 3.58. The van der Waals surface area contributed by atoms with Crippen molar-refractivity contribution >= 4 is 11.9 Å². The van der Waals surface area contributed by atoms with Gasteiger partial charge in [-0.2, -0.15) is 5.10 Å². The molecule has 1 heterocycles. The van der Waals surface area contributed by atoms with E-state index in [1.165, 1.54) is 7.11 Å². The first-order valence-electron chi connectivity index (χ1n) is 6.75. The van der Waals surface area contributed by atoms with Gasteiger partial charge in [-0.25, -0.2) is 4.79 Å². The molecule has 0 atom stereocenters. The third-order valence-corrected chi connectivity index (χ3v) is 3.27. The third kappa shape index (κ3) is 2.69. The highest BCUT2D eigenvalue weighted by Gasteiger charge is 2.32. The lowest BCUT2D eigenvalue weighted by atomic mass is 10.1. The zero-order valence-electron chi connectivity index (χ0n) is 12.6. The summed E-state index contributed by atoms with van der Waals surface area (Å²) >= 11 is 0. The summed E-state index contributed by atoms with van der Waals surface area (Å²) in [5.41, 5.74) is 0.729. The molecule has 1 N–H and O–H groups in total. The van der Waals surface area contributed by atoms with Gasteiger partial charge < -0.3 is 10.1 Å². The van der Waals surface area contributed by atoms with E-state index in [0.29, 0.717) is 5.69 Å². The van der Waals surface area contributed by atoms with Crippen LogP contribution in [0.2, 0.25) is 0 Å². The first-order valence-corrected chi connectivity index (χ1v) is 6.75. The molecule has 0 spiro atoms. The summed E-state index contributed by atoms with van der Waals surface area (Å²) in [6, 6.07) is 0.216. The second-order valence-electron chi connectivity index (χ2n) is 6.13. The minimum Gasteiger partial charge on any atom is -0.465 e. The molecular formula is C14H21N3O3. The molecule has 0 aliphatic heterocycles. The molecule has 6 nitrogen and oxygen atoms in total. The number of nitrogens with zero attached hydrogens (tertiary/aromatic N) is 2. The van der Waals surface area contributed by atoms with Crippen molar-refractivity contribution in [1.82, 2.24) is 15.1 Å². The minimum absolute atomic E-state index is 0.149. The molecule has 0 bridgehead atoms. The summed E-state index contributed by atoms with van der Waals surface area (Å²) in [6.45, 7) is 7.68. The highest BCUT2D eigenvalue weighted by Crippen LogP contribution is 2.24. The maximum absolute atomic E-state index is 12.2. The van der Waals surface area contributed by atoms with Gasteiger partial charge >= 0.3 is 5.97 Å². The number of amides is 1. The molecule has 0 aromatic carbocycles. The average molecular weight is 279 g/mol. The zero-order chi connectivity index (χ0) is 15.1. The van der Waals surface area contributed by atoms with Crippen LogP contribution in [0.5, 0.6) is 0 Å². The van der Waals surface area contributed by atoms with Gasteiger partial charge in [0, 0.05) is 6.04 Å². The SMILES string of the molecule is COC(=O)c1c(C(=O)NC2CC2)nn(C(C)(C)C)c1C. The Hall–Kier alpha value is -1.85. The van der Waals surface area contributed by atoms with Crippen molar-refractivity contribution in [2.45, 2.75) is 52.1 Å². The molecule has 1 aromatic heterocycles. The predicted molar refractivity (Wildman–Crippen MR) is 73.8 cm³/mol. The second-order valence-corrected chi connectivity index (χ2v) is 6.13. The molecule has 1 fully saturated rings. The first kappa shape index (κ1) is 14.6. The normalized spacial score (nSPS) is 15.1. The van der Waals surface area contributed by atoms with Crippen molar-refractivity contribution in [3.8, 4) is 0 Å². The Morgan fingerprint density at radius 1 is 1.35 bits per heavy atom. The highest BCUT2D eigenvalue weighted by molar-refractivity contribution is 6.04. The molecule has 1 aliphatic rings. The predicted octanol–water partition coefficient (Wildman–Crippen LogP) is 1.63. The summed E-state index contributed by atoms with van der Waals surface area (Å²) in [6.07, 6.45) is 1.97. The van der Waals surface area contributed by atoms with E-state index >= 15 is 0 Å². The minimum atomic E-state index is -0.529. The van der Waals surface area contributed by atoms with Crippen molar-refractivity contribution in [1.29, 1.82) is 0 Å². The molecule has 0 saturated heterocycles. The molecule has 6 heteroatoms. The van der Waals surface area contributed by atoms with E-state index in [-0.39, 0.29) is 28.7 Å². The van der Waals surface area contributed by atoms with Crippen LogP contribution in [-0.4, -0.2) is 34.8 Å². The van der Waals surface area contributed by atoms with Crippen molar-refractivity contribution in [2.24, 2.45) is 0 Å². The topological polar surface area (TPSA) is 73.2 Å². The van der Waals surface area contributed by atoms with Gasteiger partial charge in [0.2, 0.25) is 0 Å². The second kappa shape index (κ2) is 4.92. The molecule has 1 amide bonds. The fourth-order valence-corrected chi connectivity index (χ4v) is 2.14. The Morgan fingerprint density at radius 3 is 2.40 bits per heavy atom. The number of esters is 1. The maximum atomic E-state index is 12.2. The summed E-state index contributed by atoms with van der Waals surface area (Å²) < 4.78 is 6.48. The Labute approximate surface area is 118 Å². The standard InChI is InChI=1S/C14H21N3O3/c1-8-10(13(19)20-5)11(12(18)15-9-6-7-9)16-17(8)14(2,3)4/h9H,6-7H2,1-5H3,(H,15,18).